The summed E-state index contributed by atoms with van der Waals surface area (Å²) in [5.41, 5.74) is 1.99. The molecule has 0 fully saturated rings. The quantitative estimate of drug-likeness (QED) is 0.315. The maximum atomic E-state index is 12.4. The molecule has 0 aliphatic rings. The maximum Gasteiger partial charge on any atom is 0.211 e. The Morgan fingerprint density at radius 3 is 2.64 bits per heavy atom. The van der Waals surface area contributed by atoms with Crippen LogP contribution in [0.25, 0.3) is 21.0 Å². The van der Waals surface area contributed by atoms with E-state index in [9.17, 15) is 8.42 Å². The minimum atomic E-state index is -3.31. The lowest BCUT2D eigenvalue weighted by Gasteiger charge is -2.09. The number of thioether (sulfide) groups is 1. The number of benzene rings is 3. The van der Waals surface area contributed by atoms with Crippen molar-refractivity contribution < 1.29 is 8.42 Å². The van der Waals surface area contributed by atoms with Crippen LogP contribution in [0.3, 0.4) is 0 Å². The van der Waals surface area contributed by atoms with Gasteiger partial charge in [0.1, 0.15) is 0 Å². The van der Waals surface area contributed by atoms with E-state index >= 15 is 0 Å². The van der Waals surface area contributed by atoms with Crippen molar-refractivity contribution in [2.24, 2.45) is 0 Å². The van der Waals surface area contributed by atoms with Gasteiger partial charge in [0.2, 0.25) is 10.0 Å². The highest BCUT2D eigenvalue weighted by atomic mass is 32.2. The molecule has 3 aromatic carbocycles. The summed E-state index contributed by atoms with van der Waals surface area (Å²) in [4.78, 5) is 4.57. The summed E-state index contributed by atoms with van der Waals surface area (Å²) in [6.45, 7) is 0.314. The zero-order chi connectivity index (χ0) is 19.4. The molecule has 0 radical (unpaired) electrons. The van der Waals surface area contributed by atoms with Gasteiger partial charge in [-0.25, -0.2) is 18.1 Å². The highest BCUT2D eigenvalue weighted by Crippen LogP contribution is 2.29. The van der Waals surface area contributed by atoms with E-state index in [1.165, 1.54) is 0 Å². The van der Waals surface area contributed by atoms with E-state index in [1.54, 1.807) is 23.1 Å². The average molecular weight is 429 g/mol. The minimum absolute atomic E-state index is 0.121. The van der Waals surface area contributed by atoms with Gasteiger partial charge in [0.15, 0.2) is 4.34 Å². The van der Waals surface area contributed by atoms with Crippen LogP contribution in [0.15, 0.2) is 71.1 Å². The number of aromatic nitrogens is 1. The number of para-hydroxylation sites is 1. The zero-order valence-corrected chi connectivity index (χ0v) is 17.6. The lowest BCUT2D eigenvalue weighted by molar-refractivity contribution is 0.580. The summed E-state index contributed by atoms with van der Waals surface area (Å²) >= 11 is 3.27. The highest BCUT2D eigenvalue weighted by molar-refractivity contribution is 8.01. The molecule has 0 amide bonds. The molecule has 28 heavy (non-hydrogen) atoms. The third-order valence-corrected chi connectivity index (χ3v) is 8.10. The number of fused-ring (bicyclic) bond motifs is 2. The molecule has 1 heterocycles. The van der Waals surface area contributed by atoms with Crippen LogP contribution in [-0.2, 0) is 16.6 Å². The van der Waals surface area contributed by atoms with E-state index in [0.717, 1.165) is 36.6 Å². The van der Waals surface area contributed by atoms with Crippen molar-refractivity contribution >= 4 is 54.1 Å². The number of hydrogen-bond donors (Lipinski definition) is 1. The molecule has 0 aliphatic heterocycles. The molecule has 0 unspecified atom stereocenters. The number of thiazole rings is 1. The van der Waals surface area contributed by atoms with Crippen LogP contribution in [0.5, 0.6) is 0 Å². The molecule has 144 valence electrons. The number of hydrogen-bond acceptors (Lipinski definition) is 5. The molecule has 7 heteroatoms. The molecular formula is C21H20N2O2S3. The average Bonchev–Trinajstić information content (AvgIpc) is 3.13. The van der Waals surface area contributed by atoms with E-state index in [1.807, 2.05) is 60.7 Å². The van der Waals surface area contributed by atoms with E-state index in [-0.39, 0.29) is 5.75 Å². The Morgan fingerprint density at radius 2 is 1.75 bits per heavy atom. The van der Waals surface area contributed by atoms with E-state index in [0.29, 0.717) is 13.0 Å². The zero-order valence-electron chi connectivity index (χ0n) is 15.2. The van der Waals surface area contributed by atoms with Crippen molar-refractivity contribution in [2.45, 2.75) is 17.3 Å². The Morgan fingerprint density at radius 1 is 0.964 bits per heavy atom. The number of rotatable bonds is 8. The number of sulfonamides is 1. The van der Waals surface area contributed by atoms with Gasteiger partial charge in [-0.15, -0.1) is 11.3 Å². The van der Waals surface area contributed by atoms with Crippen LogP contribution in [0.4, 0.5) is 0 Å². The summed E-state index contributed by atoms with van der Waals surface area (Å²) in [6.07, 6.45) is 0.589. The van der Waals surface area contributed by atoms with Crippen LogP contribution < -0.4 is 4.72 Å². The van der Waals surface area contributed by atoms with Crippen molar-refractivity contribution in [3.05, 3.63) is 72.3 Å². The van der Waals surface area contributed by atoms with Gasteiger partial charge < -0.3 is 0 Å². The Balaban J connectivity index is 1.29. The molecule has 0 aliphatic carbocycles. The molecule has 0 saturated carbocycles. The predicted molar refractivity (Wildman–Crippen MR) is 120 cm³/mol. The first kappa shape index (κ1) is 19.4. The van der Waals surface area contributed by atoms with E-state index in [4.69, 9.17) is 0 Å². The molecule has 4 aromatic rings. The van der Waals surface area contributed by atoms with Crippen LogP contribution >= 0.6 is 23.1 Å². The Bertz CT molecular complexity index is 1160. The van der Waals surface area contributed by atoms with Crippen LogP contribution in [0, 0.1) is 0 Å². The lowest BCUT2D eigenvalue weighted by atomic mass is 10.1. The van der Waals surface area contributed by atoms with Crippen LogP contribution in [0.1, 0.15) is 12.0 Å². The molecule has 0 bridgehead atoms. The second kappa shape index (κ2) is 8.61. The largest absolute Gasteiger partial charge is 0.230 e. The smallest absolute Gasteiger partial charge is 0.211 e. The van der Waals surface area contributed by atoms with Crippen molar-refractivity contribution in [3.8, 4) is 0 Å². The van der Waals surface area contributed by atoms with Gasteiger partial charge in [0.05, 0.1) is 16.0 Å². The van der Waals surface area contributed by atoms with Gasteiger partial charge in [0, 0.05) is 12.3 Å². The fraction of sp³-hybridized carbons (Fsp3) is 0.190. The van der Waals surface area contributed by atoms with Crippen molar-refractivity contribution in [1.29, 1.82) is 0 Å². The highest BCUT2D eigenvalue weighted by Gasteiger charge is 2.11. The molecule has 4 rings (SSSR count). The summed E-state index contributed by atoms with van der Waals surface area (Å²) in [7, 11) is -3.31. The molecular weight excluding hydrogens is 408 g/mol. The fourth-order valence-corrected chi connectivity index (χ4v) is 6.33. The molecule has 4 nitrogen and oxygen atoms in total. The first-order valence-electron chi connectivity index (χ1n) is 9.03. The van der Waals surface area contributed by atoms with Gasteiger partial charge in [-0.3, -0.25) is 0 Å². The normalized spacial score (nSPS) is 12.0. The van der Waals surface area contributed by atoms with Crippen LogP contribution in [0.2, 0.25) is 0 Å². The van der Waals surface area contributed by atoms with E-state index in [2.05, 4.69) is 15.8 Å². The first-order valence-corrected chi connectivity index (χ1v) is 12.5. The maximum absolute atomic E-state index is 12.4. The third-order valence-electron chi connectivity index (χ3n) is 4.42. The molecule has 1 N–H and O–H groups in total. The molecule has 0 spiro atoms. The molecule has 1 aromatic heterocycles. The van der Waals surface area contributed by atoms with Crippen molar-refractivity contribution in [3.63, 3.8) is 0 Å². The number of nitrogens with one attached hydrogen (secondary N) is 1. The molecule has 0 atom stereocenters. The van der Waals surface area contributed by atoms with E-state index < -0.39 is 10.0 Å². The standard InChI is InChI=1S/C21H20N2O2S3/c24-28(25,22-15-17-9-5-8-16-7-1-2-10-18(16)17)14-6-13-26-21-23-19-11-3-4-12-20(19)27-21/h1-5,7-12,22H,6,13-15H2. The third kappa shape index (κ3) is 4.72. The fourth-order valence-electron chi connectivity index (χ4n) is 3.03. The van der Waals surface area contributed by atoms with Crippen molar-refractivity contribution in [1.82, 2.24) is 9.71 Å². The van der Waals surface area contributed by atoms with Crippen LogP contribution in [-0.4, -0.2) is 24.9 Å². The van der Waals surface area contributed by atoms with Crippen molar-refractivity contribution in [2.75, 3.05) is 11.5 Å². The van der Waals surface area contributed by atoms with Gasteiger partial charge >= 0.3 is 0 Å². The monoisotopic (exact) mass is 428 g/mol. The molecule has 0 saturated heterocycles. The summed E-state index contributed by atoms with van der Waals surface area (Å²) in [6, 6.07) is 22.0. The summed E-state index contributed by atoms with van der Waals surface area (Å²) < 4.78 is 29.6. The van der Waals surface area contributed by atoms with Gasteiger partial charge in [-0.05, 0) is 34.9 Å². The number of nitrogens with zero attached hydrogens (tertiary/aromatic N) is 1. The van der Waals surface area contributed by atoms with Gasteiger partial charge in [-0.2, -0.15) is 0 Å². The van der Waals surface area contributed by atoms with Gasteiger partial charge in [0.25, 0.3) is 0 Å². The first-order chi connectivity index (χ1) is 13.6. The van der Waals surface area contributed by atoms with Gasteiger partial charge in [-0.1, -0.05) is 66.4 Å². The summed E-state index contributed by atoms with van der Waals surface area (Å²) in [5.74, 6) is 0.852. The Labute approximate surface area is 173 Å². The topological polar surface area (TPSA) is 59.1 Å². The predicted octanol–water partition coefficient (Wildman–Crippen LogP) is 5.05. The Kier molecular flexibility index (Phi) is 5.96. The Hall–Kier alpha value is -1.93. The lowest BCUT2D eigenvalue weighted by Crippen LogP contribution is -2.26. The summed E-state index contributed by atoms with van der Waals surface area (Å²) in [5, 5.41) is 2.20. The minimum Gasteiger partial charge on any atom is -0.230 e. The SMILES string of the molecule is O=S(=O)(CCCSc1nc2ccccc2s1)NCc1cccc2ccccc12. The second-order valence-electron chi connectivity index (χ2n) is 6.43. The second-order valence-corrected chi connectivity index (χ2v) is 10.7.